The van der Waals surface area contributed by atoms with Gasteiger partial charge in [-0.2, -0.15) is 0 Å². The molecule has 3 rings (SSSR count). The molecule has 0 radical (unpaired) electrons. The van der Waals surface area contributed by atoms with Gasteiger partial charge < -0.3 is 9.64 Å². The summed E-state index contributed by atoms with van der Waals surface area (Å²) in [7, 11) is 0. The quantitative estimate of drug-likeness (QED) is 0.722. The minimum atomic E-state index is -0.629. The number of ether oxygens (including phenoxy) is 1. The molecule has 24 heavy (non-hydrogen) atoms. The van der Waals surface area contributed by atoms with E-state index in [-0.39, 0.29) is 11.7 Å². The molecule has 1 aliphatic rings. The Balaban J connectivity index is 1.70. The molecular formula is C19H19BrFNO2. The molecule has 3 nitrogen and oxygen atoms in total. The van der Waals surface area contributed by atoms with Crippen LogP contribution in [0.4, 0.5) is 4.39 Å². The Kier molecular flexibility index (Phi) is 5.19. The molecule has 1 amide bonds. The maximum atomic E-state index is 13.2. The number of rotatable bonds is 6. The van der Waals surface area contributed by atoms with Crippen LogP contribution in [0.2, 0.25) is 0 Å². The zero-order valence-electron chi connectivity index (χ0n) is 13.4. The molecule has 0 N–H and O–H groups in total. The maximum absolute atomic E-state index is 13.2. The van der Waals surface area contributed by atoms with Gasteiger partial charge in [-0.1, -0.05) is 30.3 Å². The van der Waals surface area contributed by atoms with Gasteiger partial charge >= 0.3 is 0 Å². The first-order chi connectivity index (χ1) is 11.5. The number of nitrogens with zero attached hydrogens (tertiary/aromatic N) is 1. The van der Waals surface area contributed by atoms with Crippen molar-refractivity contribution in [1.29, 1.82) is 0 Å². The lowest BCUT2D eigenvalue weighted by atomic mass is 10.2. The number of amides is 1. The van der Waals surface area contributed by atoms with Crippen molar-refractivity contribution in [3.63, 3.8) is 0 Å². The third-order valence-corrected chi connectivity index (χ3v) is 4.63. The van der Waals surface area contributed by atoms with Gasteiger partial charge in [0.25, 0.3) is 5.91 Å². The summed E-state index contributed by atoms with van der Waals surface area (Å²) < 4.78 is 19.4. The lowest BCUT2D eigenvalue weighted by Gasteiger charge is -2.26. The summed E-state index contributed by atoms with van der Waals surface area (Å²) in [5, 5.41) is 0. The molecule has 0 aromatic heterocycles. The molecule has 5 heteroatoms. The van der Waals surface area contributed by atoms with E-state index in [4.69, 9.17) is 4.74 Å². The van der Waals surface area contributed by atoms with Gasteiger partial charge in [0, 0.05) is 12.6 Å². The standard InChI is InChI=1S/C19H19BrFNO2/c1-13(24-18-10-7-15(21)11-17(18)20)19(23)22(16-8-9-16)12-14-5-3-2-4-6-14/h2-7,10-11,13,16H,8-9,12H2,1H3. The smallest absolute Gasteiger partial charge is 0.263 e. The summed E-state index contributed by atoms with van der Waals surface area (Å²) >= 11 is 3.27. The topological polar surface area (TPSA) is 29.5 Å². The van der Waals surface area contributed by atoms with Crippen molar-refractivity contribution in [2.75, 3.05) is 0 Å². The lowest BCUT2D eigenvalue weighted by molar-refractivity contribution is -0.139. The first-order valence-electron chi connectivity index (χ1n) is 8.00. The van der Waals surface area contributed by atoms with Gasteiger partial charge in [0.05, 0.1) is 4.47 Å². The number of halogens is 2. The van der Waals surface area contributed by atoms with Gasteiger partial charge in [-0.15, -0.1) is 0 Å². The molecule has 1 atom stereocenters. The van der Waals surface area contributed by atoms with E-state index in [0.717, 1.165) is 18.4 Å². The average Bonchev–Trinajstić information content (AvgIpc) is 3.40. The fraction of sp³-hybridized carbons (Fsp3) is 0.316. The van der Waals surface area contributed by atoms with Crippen LogP contribution in [0.15, 0.2) is 53.0 Å². The average molecular weight is 392 g/mol. The first kappa shape index (κ1) is 17.0. The summed E-state index contributed by atoms with van der Waals surface area (Å²) in [4.78, 5) is 14.7. The van der Waals surface area contributed by atoms with Gasteiger partial charge in [-0.05, 0) is 59.5 Å². The van der Waals surface area contributed by atoms with Crippen LogP contribution >= 0.6 is 15.9 Å². The zero-order valence-corrected chi connectivity index (χ0v) is 15.0. The predicted octanol–water partition coefficient (Wildman–Crippen LogP) is 4.55. The highest BCUT2D eigenvalue weighted by molar-refractivity contribution is 9.10. The number of carbonyl (C=O) groups excluding carboxylic acids is 1. The summed E-state index contributed by atoms with van der Waals surface area (Å²) in [5.41, 5.74) is 1.10. The molecule has 0 saturated heterocycles. The molecule has 1 saturated carbocycles. The fourth-order valence-corrected chi connectivity index (χ4v) is 3.04. The Morgan fingerprint density at radius 1 is 1.29 bits per heavy atom. The van der Waals surface area contributed by atoms with E-state index in [1.165, 1.54) is 18.2 Å². The fourth-order valence-electron chi connectivity index (χ4n) is 2.60. The number of hydrogen-bond donors (Lipinski definition) is 0. The van der Waals surface area contributed by atoms with Crippen molar-refractivity contribution < 1.29 is 13.9 Å². The lowest BCUT2D eigenvalue weighted by Crippen LogP contribution is -2.41. The summed E-state index contributed by atoms with van der Waals surface area (Å²) in [5.74, 6) is 0.0715. The van der Waals surface area contributed by atoms with Gasteiger partial charge in [0.15, 0.2) is 6.10 Å². The normalized spacial score (nSPS) is 15.0. The SMILES string of the molecule is CC(Oc1ccc(F)cc1Br)C(=O)N(Cc1ccccc1)C1CC1. The van der Waals surface area contributed by atoms with Crippen molar-refractivity contribution in [2.24, 2.45) is 0 Å². The van der Waals surface area contributed by atoms with Crippen LogP contribution in [0.1, 0.15) is 25.3 Å². The van der Waals surface area contributed by atoms with E-state index in [2.05, 4.69) is 15.9 Å². The first-order valence-corrected chi connectivity index (χ1v) is 8.80. The van der Waals surface area contributed by atoms with E-state index in [1.54, 1.807) is 6.92 Å². The third kappa shape index (κ3) is 4.15. The van der Waals surface area contributed by atoms with Gasteiger partial charge in [0.1, 0.15) is 11.6 Å². The summed E-state index contributed by atoms with van der Waals surface area (Å²) in [6.07, 6.45) is 1.44. The Morgan fingerprint density at radius 3 is 2.62 bits per heavy atom. The van der Waals surface area contributed by atoms with Crippen LogP contribution in [0, 0.1) is 5.82 Å². The Morgan fingerprint density at radius 2 is 2.00 bits per heavy atom. The van der Waals surface area contributed by atoms with Gasteiger partial charge in [0.2, 0.25) is 0 Å². The van der Waals surface area contributed by atoms with Crippen LogP contribution in [0.3, 0.4) is 0 Å². The zero-order chi connectivity index (χ0) is 17.1. The number of carbonyl (C=O) groups is 1. The van der Waals surface area contributed by atoms with Crippen molar-refractivity contribution in [3.05, 3.63) is 64.4 Å². The van der Waals surface area contributed by atoms with Crippen molar-refractivity contribution in [3.8, 4) is 5.75 Å². The van der Waals surface area contributed by atoms with Crippen molar-refractivity contribution in [2.45, 2.75) is 38.5 Å². The number of benzene rings is 2. The van der Waals surface area contributed by atoms with Crippen LogP contribution < -0.4 is 4.74 Å². The molecule has 0 spiro atoms. The second-order valence-corrected chi connectivity index (χ2v) is 6.87. The maximum Gasteiger partial charge on any atom is 0.263 e. The Bertz CT molecular complexity index is 719. The van der Waals surface area contributed by atoms with E-state index >= 15 is 0 Å². The monoisotopic (exact) mass is 391 g/mol. The molecule has 1 aliphatic carbocycles. The van der Waals surface area contributed by atoms with E-state index in [0.29, 0.717) is 22.8 Å². The second kappa shape index (κ2) is 7.34. The van der Waals surface area contributed by atoms with Crippen LogP contribution in [0.5, 0.6) is 5.75 Å². The predicted molar refractivity (Wildman–Crippen MR) is 94.2 cm³/mol. The minimum Gasteiger partial charge on any atom is -0.480 e. The van der Waals surface area contributed by atoms with Crippen molar-refractivity contribution >= 4 is 21.8 Å². The highest BCUT2D eigenvalue weighted by atomic mass is 79.9. The van der Waals surface area contributed by atoms with Crippen LogP contribution in [-0.2, 0) is 11.3 Å². The van der Waals surface area contributed by atoms with E-state index in [1.807, 2.05) is 35.2 Å². The summed E-state index contributed by atoms with van der Waals surface area (Å²) in [6.45, 7) is 2.32. The minimum absolute atomic E-state index is 0.0439. The van der Waals surface area contributed by atoms with Crippen LogP contribution in [-0.4, -0.2) is 23.0 Å². The molecule has 0 bridgehead atoms. The molecule has 2 aromatic rings. The Labute approximate surface area is 149 Å². The highest BCUT2D eigenvalue weighted by Crippen LogP contribution is 2.31. The molecule has 0 heterocycles. The highest BCUT2D eigenvalue weighted by Gasteiger charge is 2.35. The molecule has 126 valence electrons. The molecule has 1 unspecified atom stereocenters. The molecule has 0 aliphatic heterocycles. The van der Waals surface area contributed by atoms with E-state index < -0.39 is 6.10 Å². The molecule has 2 aromatic carbocycles. The summed E-state index contributed by atoms with van der Waals surface area (Å²) in [6, 6.07) is 14.4. The van der Waals surface area contributed by atoms with Gasteiger partial charge in [-0.25, -0.2) is 4.39 Å². The third-order valence-electron chi connectivity index (χ3n) is 4.01. The van der Waals surface area contributed by atoms with Crippen molar-refractivity contribution in [1.82, 2.24) is 4.90 Å². The van der Waals surface area contributed by atoms with Crippen LogP contribution in [0.25, 0.3) is 0 Å². The van der Waals surface area contributed by atoms with E-state index in [9.17, 15) is 9.18 Å². The molecular weight excluding hydrogens is 373 g/mol. The molecule has 1 fully saturated rings. The largest absolute Gasteiger partial charge is 0.480 e. The number of hydrogen-bond acceptors (Lipinski definition) is 2. The Hall–Kier alpha value is -1.88. The second-order valence-electron chi connectivity index (χ2n) is 6.02. The van der Waals surface area contributed by atoms with Gasteiger partial charge in [-0.3, -0.25) is 4.79 Å².